The Bertz CT molecular complexity index is 1230. The fraction of sp³-hybridized carbons (Fsp3) is 0.591. The summed E-state index contributed by atoms with van der Waals surface area (Å²) in [7, 11) is -2.51. The van der Waals surface area contributed by atoms with Gasteiger partial charge in [0, 0.05) is 12.2 Å². The van der Waals surface area contributed by atoms with E-state index in [1.165, 1.54) is 10.6 Å². The number of carbonyl (C=O) groups is 1. The molecule has 2 atom stereocenters. The van der Waals surface area contributed by atoms with Gasteiger partial charge in [0.25, 0.3) is 0 Å². The van der Waals surface area contributed by atoms with Crippen molar-refractivity contribution in [2.45, 2.75) is 74.1 Å². The third-order valence-electron chi connectivity index (χ3n) is 5.84. The molecule has 0 N–H and O–H groups in total. The van der Waals surface area contributed by atoms with Crippen LogP contribution in [0.4, 0.5) is 84.9 Å². The average Bonchev–Trinajstić information content (AvgIpc) is 2.88. The Labute approximate surface area is 246 Å². The lowest BCUT2D eigenvalue weighted by Crippen LogP contribution is -2.68. The topological polar surface area (TPSA) is 48.0 Å². The molecule has 1 aromatic rings. The van der Waals surface area contributed by atoms with Crippen LogP contribution in [-0.2, 0) is 25.4 Å². The second-order valence-corrected chi connectivity index (χ2v) is 14.7. The van der Waals surface area contributed by atoms with E-state index >= 15 is 4.39 Å². The average molecular weight is 731 g/mol. The number of anilines is 1. The van der Waals surface area contributed by atoms with Crippen LogP contribution in [0.2, 0.25) is 19.1 Å². The number of benzene rings is 1. The zero-order valence-corrected chi connectivity index (χ0v) is 23.6. The normalized spacial score (nSPS) is 16.9. The Morgan fingerprint density at radius 3 is 1.74 bits per heavy atom. The highest BCUT2D eigenvalue weighted by atomic mass is 28.3. The molecule has 24 heteroatoms. The molecule has 0 aliphatic carbocycles. The highest BCUT2D eigenvalue weighted by Gasteiger charge is 2.83. The van der Waals surface area contributed by atoms with E-state index in [1.807, 2.05) is 0 Å². The number of halogens is 18. The summed E-state index contributed by atoms with van der Waals surface area (Å²) in [5.41, 5.74) is -1.77. The van der Waals surface area contributed by atoms with Crippen molar-refractivity contribution in [2.24, 2.45) is 0 Å². The number of alkyl halides is 17. The lowest BCUT2D eigenvalue weighted by molar-refractivity contribution is -0.564. The van der Waals surface area contributed by atoms with E-state index in [1.54, 1.807) is 17.8 Å². The third-order valence-corrected chi connectivity index (χ3v) is 8.59. The smallest absolute Gasteiger partial charge is 0.307 e. The molecular weight excluding hydrogens is 712 g/mol. The highest BCUT2D eigenvalue weighted by molar-refractivity contribution is 6.82. The van der Waals surface area contributed by atoms with Crippen LogP contribution in [0.1, 0.15) is 12.0 Å². The van der Waals surface area contributed by atoms with E-state index < -0.39 is 91.7 Å². The summed E-state index contributed by atoms with van der Waals surface area (Å²) in [6.45, 7) is 5.20. The van der Waals surface area contributed by atoms with Gasteiger partial charge in [0.15, 0.2) is 0 Å². The highest BCUT2D eigenvalue weighted by Crippen LogP contribution is 2.55. The van der Waals surface area contributed by atoms with E-state index in [0.29, 0.717) is 12.1 Å². The minimum absolute atomic E-state index is 0.114. The van der Waals surface area contributed by atoms with E-state index in [9.17, 15) is 79.6 Å². The Morgan fingerprint density at radius 1 is 0.804 bits per heavy atom. The molecule has 46 heavy (non-hydrogen) atoms. The fourth-order valence-electron chi connectivity index (χ4n) is 3.19. The predicted molar refractivity (Wildman–Crippen MR) is 120 cm³/mol. The van der Waals surface area contributed by atoms with Gasteiger partial charge in [0.05, 0.1) is 13.6 Å². The second-order valence-electron chi connectivity index (χ2n) is 9.82. The number of rotatable bonds is 14. The van der Waals surface area contributed by atoms with Gasteiger partial charge in [-0.3, -0.25) is 14.3 Å². The SMILES string of the molecule is C=C[Si](C)(C)CCCN(C(=O)C(F)(OC(F)(F)C(F)(OC(F)(F)C(F)(F)OF)C(F)(F)F)C(F)(F)F)c1cccc(C(F)(F)F)c1. The molecule has 0 heterocycles. The van der Waals surface area contributed by atoms with Crippen LogP contribution in [0, 0.1) is 0 Å². The number of ether oxygens (including phenoxy) is 2. The minimum Gasteiger partial charge on any atom is -0.307 e. The first-order chi connectivity index (χ1) is 20.3. The van der Waals surface area contributed by atoms with Gasteiger partial charge in [-0.15, -0.1) is 17.2 Å². The Hall–Kier alpha value is -2.73. The largest absolute Gasteiger partial charge is 0.478 e. The summed E-state index contributed by atoms with van der Waals surface area (Å²) in [6, 6.07) is 0.781. The Morgan fingerprint density at radius 2 is 1.33 bits per heavy atom. The molecule has 0 radical (unpaired) electrons. The number of hydrogen-bond donors (Lipinski definition) is 0. The maximum Gasteiger partial charge on any atom is 0.478 e. The Kier molecular flexibility index (Phi) is 11.7. The maximum atomic E-state index is 15.4. The molecule has 1 aromatic carbocycles. The van der Waals surface area contributed by atoms with E-state index in [0.717, 1.165) is 0 Å². The molecule has 1 rings (SSSR count). The summed E-state index contributed by atoms with van der Waals surface area (Å²) in [4.78, 5) is 13.4. The molecule has 0 spiro atoms. The molecule has 266 valence electrons. The van der Waals surface area contributed by atoms with Crippen LogP contribution in [0.25, 0.3) is 0 Å². The zero-order valence-electron chi connectivity index (χ0n) is 22.6. The van der Waals surface area contributed by atoms with Gasteiger partial charge in [0.2, 0.25) is 0 Å². The summed E-state index contributed by atoms with van der Waals surface area (Å²) >= 11 is 0. The number of amides is 1. The molecule has 2 unspecified atom stereocenters. The van der Waals surface area contributed by atoms with E-state index in [-0.39, 0.29) is 18.2 Å². The molecule has 0 bridgehead atoms. The van der Waals surface area contributed by atoms with Crippen molar-refractivity contribution in [1.82, 2.24) is 0 Å². The summed E-state index contributed by atoms with van der Waals surface area (Å²) in [5.74, 6) is -18.5. The van der Waals surface area contributed by atoms with Crippen molar-refractivity contribution in [3.63, 3.8) is 0 Å². The van der Waals surface area contributed by atoms with Crippen LogP contribution in [-0.4, -0.2) is 62.9 Å². The lowest BCUT2D eigenvalue weighted by atomic mass is 10.1. The van der Waals surface area contributed by atoms with Crippen molar-refractivity contribution in [3.05, 3.63) is 42.1 Å². The number of nitrogens with zero attached hydrogens (tertiary/aromatic N) is 1. The first kappa shape index (κ1) is 41.3. The quantitative estimate of drug-likeness (QED) is 0.142. The molecular formula is C22H19F18NO4Si. The van der Waals surface area contributed by atoms with Crippen LogP contribution in [0.3, 0.4) is 0 Å². The van der Waals surface area contributed by atoms with Gasteiger partial charge in [-0.25, -0.2) is 0 Å². The van der Waals surface area contributed by atoms with Crippen molar-refractivity contribution in [3.8, 4) is 0 Å². The van der Waals surface area contributed by atoms with Crippen molar-refractivity contribution in [1.29, 1.82) is 0 Å². The van der Waals surface area contributed by atoms with E-state index in [4.69, 9.17) is 0 Å². The lowest BCUT2D eigenvalue weighted by Gasteiger charge is -2.40. The van der Waals surface area contributed by atoms with Gasteiger partial charge in [-0.05, 0) is 29.1 Å². The minimum atomic E-state index is -7.95. The molecule has 0 fully saturated rings. The molecule has 0 aliphatic heterocycles. The fourth-order valence-corrected chi connectivity index (χ4v) is 4.47. The molecule has 0 saturated carbocycles. The van der Waals surface area contributed by atoms with Gasteiger partial charge >= 0.3 is 54.5 Å². The standard InChI is InChI=1S/C22H19F18NO4Si/c1-4-46(2,3)10-6-9-41(13-8-5-7-12(11-13)16(24,25)26)14(42)15(23,18(28,29)30)43-20(34,35)17(27,19(31,32)33)44-21(36,37)22(38,39)45-40/h4-5,7-8,11H,1,6,9-10H2,2-3H3. The third kappa shape index (κ3) is 8.59. The van der Waals surface area contributed by atoms with Crippen LogP contribution < -0.4 is 4.90 Å². The molecule has 0 saturated heterocycles. The van der Waals surface area contributed by atoms with Gasteiger partial charge in [-0.2, -0.15) is 74.6 Å². The summed E-state index contributed by atoms with van der Waals surface area (Å²) < 4.78 is 248. The second kappa shape index (κ2) is 13.1. The molecule has 0 aliphatic rings. The maximum absolute atomic E-state index is 15.4. The predicted octanol–water partition coefficient (Wildman–Crippen LogP) is 9.03. The summed E-state index contributed by atoms with van der Waals surface area (Å²) in [6.07, 6.45) is -43.5. The molecule has 1 amide bonds. The van der Waals surface area contributed by atoms with Gasteiger partial charge in [0.1, 0.15) is 0 Å². The van der Waals surface area contributed by atoms with E-state index in [2.05, 4.69) is 11.3 Å². The number of hydrogen-bond acceptors (Lipinski definition) is 4. The van der Waals surface area contributed by atoms with Crippen LogP contribution in [0.15, 0.2) is 36.5 Å². The van der Waals surface area contributed by atoms with Crippen molar-refractivity contribution in [2.75, 3.05) is 11.4 Å². The molecule has 5 nitrogen and oxygen atoms in total. The van der Waals surface area contributed by atoms with Crippen LogP contribution in [0.5, 0.6) is 0 Å². The zero-order chi connectivity index (χ0) is 36.6. The van der Waals surface area contributed by atoms with Gasteiger partial charge in [-0.1, -0.05) is 25.2 Å². The Balaban J connectivity index is 3.90. The first-order valence-corrected chi connectivity index (χ1v) is 15.0. The number of carbonyl (C=O) groups excluding carboxylic acids is 1. The molecule has 0 aromatic heterocycles. The monoisotopic (exact) mass is 731 g/mol. The van der Waals surface area contributed by atoms with Crippen molar-refractivity contribution < 1.29 is 98.4 Å². The van der Waals surface area contributed by atoms with Gasteiger partial charge < -0.3 is 4.90 Å². The first-order valence-electron chi connectivity index (χ1n) is 11.7. The summed E-state index contributed by atoms with van der Waals surface area (Å²) in [5, 5.41) is 0. The van der Waals surface area contributed by atoms with Crippen LogP contribution >= 0.6 is 0 Å². The van der Waals surface area contributed by atoms with Crippen molar-refractivity contribution >= 4 is 19.7 Å².